The number of aliphatic carboxylic acids is 1. The first kappa shape index (κ1) is 11.2. The molecule has 0 aliphatic heterocycles. The van der Waals surface area contributed by atoms with Gasteiger partial charge in [-0.05, 0) is 19.8 Å². The highest BCUT2D eigenvalue weighted by Crippen LogP contribution is 2.04. The highest BCUT2D eigenvalue weighted by atomic mass is 16.4. The van der Waals surface area contributed by atoms with Crippen molar-refractivity contribution in [2.45, 2.75) is 39.0 Å². The van der Waals surface area contributed by atoms with E-state index >= 15 is 0 Å². The van der Waals surface area contributed by atoms with E-state index in [0.717, 1.165) is 32.1 Å². The average molecular weight is 169 g/mol. The molecule has 1 radical (unpaired) electrons. The second-order valence-corrected chi connectivity index (χ2v) is 2.90. The quantitative estimate of drug-likeness (QED) is 0.490. The van der Waals surface area contributed by atoms with Crippen LogP contribution in [-0.2, 0) is 4.79 Å². The molecule has 0 aromatic heterocycles. The molecule has 0 rings (SSSR count). The van der Waals surface area contributed by atoms with Gasteiger partial charge in [-0.1, -0.05) is 32.3 Å². The Morgan fingerprint density at radius 2 is 2.08 bits per heavy atom. The van der Waals surface area contributed by atoms with Gasteiger partial charge in [0.2, 0.25) is 0 Å². The smallest absolute Gasteiger partial charge is 0.330 e. The predicted octanol–water partition coefficient (Wildman–Crippen LogP) is 2.80. The molecule has 2 heteroatoms. The highest BCUT2D eigenvalue weighted by molar-refractivity contribution is 5.85. The van der Waals surface area contributed by atoms with Crippen molar-refractivity contribution in [2.75, 3.05) is 0 Å². The van der Waals surface area contributed by atoms with Crippen LogP contribution in [0.2, 0.25) is 0 Å². The van der Waals surface area contributed by atoms with Crippen LogP contribution in [0.4, 0.5) is 0 Å². The molecule has 0 fully saturated rings. The standard InChI is InChI=1S/C10H17O2/c1-3-4-5-6-7-8-9(2)10(11)12/h8H,1,3-7H2,2H3,(H,11,12). The van der Waals surface area contributed by atoms with Crippen LogP contribution in [0.25, 0.3) is 0 Å². The fourth-order valence-corrected chi connectivity index (χ4v) is 0.904. The molecular formula is C10H17O2. The van der Waals surface area contributed by atoms with Gasteiger partial charge in [-0.15, -0.1) is 0 Å². The summed E-state index contributed by atoms with van der Waals surface area (Å²) in [5, 5.41) is 8.51. The maximum Gasteiger partial charge on any atom is 0.330 e. The lowest BCUT2D eigenvalue weighted by Gasteiger charge is -1.95. The summed E-state index contributed by atoms with van der Waals surface area (Å²) in [6, 6.07) is 0. The zero-order valence-corrected chi connectivity index (χ0v) is 7.68. The van der Waals surface area contributed by atoms with Gasteiger partial charge in [-0.3, -0.25) is 0 Å². The van der Waals surface area contributed by atoms with Crippen molar-refractivity contribution in [3.63, 3.8) is 0 Å². The van der Waals surface area contributed by atoms with Crippen LogP contribution < -0.4 is 0 Å². The van der Waals surface area contributed by atoms with Crippen molar-refractivity contribution in [1.82, 2.24) is 0 Å². The number of unbranched alkanes of at least 4 members (excludes halogenated alkanes) is 4. The molecule has 2 nitrogen and oxygen atoms in total. The molecule has 69 valence electrons. The molecule has 0 aliphatic carbocycles. The molecule has 0 amide bonds. The summed E-state index contributed by atoms with van der Waals surface area (Å²) in [6.07, 6.45) is 6.98. The number of rotatable bonds is 6. The zero-order chi connectivity index (χ0) is 9.40. The third-order valence-corrected chi connectivity index (χ3v) is 1.74. The van der Waals surface area contributed by atoms with E-state index in [1.807, 2.05) is 0 Å². The van der Waals surface area contributed by atoms with Crippen LogP contribution in [0.1, 0.15) is 39.0 Å². The number of allylic oxidation sites excluding steroid dienone is 1. The first-order valence-electron chi connectivity index (χ1n) is 4.37. The molecule has 12 heavy (non-hydrogen) atoms. The van der Waals surface area contributed by atoms with Crippen molar-refractivity contribution in [3.05, 3.63) is 18.6 Å². The molecule has 0 aromatic carbocycles. The normalized spacial score (nSPS) is 11.7. The van der Waals surface area contributed by atoms with E-state index in [9.17, 15) is 4.79 Å². The van der Waals surface area contributed by atoms with Gasteiger partial charge in [0.25, 0.3) is 0 Å². The molecule has 0 aliphatic rings. The minimum absolute atomic E-state index is 0.449. The first-order valence-corrected chi connectivity index (χ1v) is 4.37. The highest BCUT2D eigenvalue weighted by Gasteiger charge is 1.97. The van der Waals surface area contributed by atoms with Gasteiger partial charge in [0.05, 0.1) is 0 Å². The molecule has 1 N–H and O–H groups in total. The van der Waals surface area contributed by atoms with Crippen molar-refractivity contribution < 1.29 is 9.90 Å². The summed E-state index contributed by atoms with van der Waals surface area (Å²) in [4.78, 5) is 10.3. The largest absolute Gasteiger partial charge is 0.478 e. The number of carboxylic acids is 1. The van der Waals surface area contributed by atoms with Gasteiger partial charge in [-0.25, -0.2) is 4.79 Å². The van der Waals surface area contributed by atoms with Gasteiger partial charge in [0, 0.05) is 5.57 Å². The Morgan fingerprint density at radius 1 is 1.42 bits per heavy atom. The summed E-state index contributed by atoms with van der Waals surface area (Å²) in [5.74, 6) is -0.813. The Labute approximate surface area is 74.3 Å². The number of hydrogen-bond acceptors (Lipinski definition) is 1. The van der Waals surface area contributed by atoms with Crippen LogP contribution in [-0.4, -0.2) is 11.1 Å². The van der Waals surface area contributed by atoms with Gasteiger partial charge < -0.3 is 5.11 Å². The van der Waals surface area contributed by atoms with E-state index in [1.165, 1.54) is 0 Å². The molecule has 0 atom stereocenters. The van der Waals surface area contributed by atoms with E-state index in [0.29, 0.717) is 5.57 Å². The Balaban J connectivity index is 3.40. The minimum atomic E-state index is -0.813. The van der Waals surface area contributed by atoms with E-state index in [1.54, 1.807) is 13.0 Å². The summed E-state index contributed by atoms with van der Waals surface area (Å²) in [7, 11) is 0. The Kier molecular flexibility index (Phi) is 6.44. The Morgan fingerprint density at radius 3 is 2.58 bits per heavy atom. The number of carbonyl (C=O) groups is 1. The summed E-state index contributed by atoms with van der Waals surface area (Å²) >= 11 is 0. The topological polar surface area (TPSA) is 37.3 Å². The fourth-order valence-electron chi connectivity index (χ4n) is 0.904. The summed E-state index contributed by atoms with van der Waals surface area (Å²) < 4.78 is 0. The maximum absolute atomic E-state index is 10.3. The molecule has 0 aromatic rings. The lowest BCUT2D eigenvalue weighted by atomic mass is 10.1. The van der Waals surface area contributed by atoms with Gasteiger partial charge >= 0.3 is 5.97 Å². The van der Waals surface area contributed by atoms with Crippen molar-refractivity contribution in [1.29, 1.82) is 0 Å². The minimum Gasteiger partial charge on any atom is -0.478 e. The van der Waals surface area contributed by atoms with Crippen molar-refractivity contribution in [2.24, 2.45) is 0 Å². The van der Waals surface area contributed by atoms with Crippen molar-refractivity contribution in [3.8, 4) is 0 Å². The molecule has 0 heterocycles. The second kappa shape index (κ2) is 6.89. The lowest BCUT2D eigenvalue weighted by molar-refractivity contribution is -0.132. The van der Waals surface area contributed by atoms with Crippen LogP contribution in [0.5, 0.6) is 0 Å². The van der Waals surface area contributed by atoms with Gasteiger partial charge in [-0.2, -0.15) is 0 Å². The Hall–Kier alpha value is -0.790. The fraction of sp³-hybridized carbons (Fsp3) is 0.600. The lowest BCUT2D eigenvalue weighted by Crippen LogP contribution is -1.95. The molecule has 0 unspecified atom stereocenters. The molecular weight excluding hydrogens is 152 g/mol. The van der Waals surface area contributed by atoms with Gasteiger partial charge in [0.15, 0.2) is 0 Å². The van der Waals surface area contributed by atoms with Crippen LogP contribution in [0, 0.1) is 6.92 Å². The summed E-state index contributed by atoms with van der Waals surface area (Å²) in [5.41, 5.74) is 0.449. The van der Waals surface area contributed by atoms with Crippen LogP contribution in [0.3, 0.4) is 0 Å². The molecule has 0 saturated carbocycles. The number of hydrogen-bond donors (Lipinski definition) is 1. The van der Waals surface area contributed by atoms with E-state index in [4.69, 9.17) is 5.11 Å². The third-order valence-electron chi connectivity index (χ3n) is 1.74. The third kappa shape index (κ3) is 5.96. The molecule has 0 bridgehead atoms. The predicted molar refractivity (Wildman–Crippen MR) is 49.8 cm³/mol. The van der Waals surface area contributed by atoms with Crippen LogP contribution in [0.15, 0.2) is 11.6 Å². The number of carboxylic acid groups (broad SMARTS) is 1. The van der Waals surface area contributed by atoms with Crippen LogP contribution >= 0.6 is 0 Å². The maximum atomic E-state index is 10.3. The van der Waals surface area contributed by atoms with E-state index < -0.39 is 5.97 Å². The molecule has 0 saturated heterocycles. The Bertz CT molecular complexity index is 159. The second-order valence-electron chi connectivity index (χ2n) is 2.90. The van der Waals surface area contributed by atoms with E-state index in [-0.39, 0.29) is 0 Å². The molecule has 0 spiro atoms. The van der Waals surface area contributed by atoms with Crippen molar-refractivity contribution >= 4 is 5.97 Å². The zero-order valence-electron chi connectivity index (χ0n) is 7.68. The average Bonchev–Trinajstić information content (AvgIpc) is 2.03. The monoisotopic (exact) mass is 169 g/mol. The van der Waals surface area contributed by atoms with Gasteiger partial charge in [0.1, 0.15) is 0 Å². The SMILES string of the molecule is [CH2]CCCCCC=C(C)C(=O)O. The first-order chi connectivity index (χ1) is 5.68. The van der Waals surface area contributed by atoms with E-state index in [2.05, 4.69) is 6.92 Å². The summed E-state index contributed by atoms with van der Waals surface area (Å²) in [6.45, 7) is 5.37.